The number of nitrogens with zero attached hydrogens (tertiary/aromatic N) is 1. The highest BCUT2D eigenvalue weighted by atomic mass is 32.1. The molecule has 0 saturated heterocycles. The van der Waals surface area contributed by atoms with Crippen LogP contribution in [0.15, 0.2) is 54.6 Å². The van der Waals surface area contributed by atoms with Crippen LogP contribution in [-0.2, 0) is 12.8 Å². The molecule has 1 amide bonds. The summed E-state index contributed by atoms with van der Waals surface area (Å²) in [5.41, 5.74) is 3.72. The van der Waals surface area contributed by atoms with E-state index in [4.69, 9.17) is 9.47 Å². The van der Waals surface area contributed by atoms with Crippen molar-refractivity contribution >= 4 is 27.9 Å². The third-order valence-corrected chi connectivity index (χ3v) is 6.38. The minimum atomic E-state index is -0.0281. The zero-order chi connectivity index (χ0) is 21.6. The molecular weight excluding hydrogens is 408 g/mol. The van der Waals surface area contributed by atoms with E-state index in [1.165, 1.54) is 11.3 Å². The molecule has 0 spiro atoms. The number of benzene rings is 2. The number of ether oxygens (including phenoxy) is 2. The zero-order valence-electron chi connectivity index (χ0n) is 18.0. The molecule has 1 aliphatic rings. The summed E-state index contributed by atoms with van der Waals surface area (Å²) in [6.45, 7) is 6.62. The molecule has 0 bridgehead atoms. The first-order valence-electron chi connectivity index (χ1n) is 10.8. The standard InChI is InChI=1S/C25H28N2O3S/c1-3-29-21-10-9-18(17-22(21)30-4-2)13-15-26-25(28)23-11-12-24(31-23)27-16-14-19-7-5-6-8-20(19)27/h5-12,17H,3-4,13-16H2,1-2H3,(H,26,28). The van der Waals surface area contributed by atoms with E-state index in [0.717, 1.165) is 46.3 Å². The zero-order valence-corrected chi connectivity index (χ0v) is 18.8. The van der Waals surface area contributed by atoms with Crippen molar-refractivity contribution in [2.24, 2.45) is 0 Å². The molecular formula is C25H28N2O3S. The fourth-order valence-corrected chi connectivity index (χ4v) is 4.78. The van der Waals surface area contributed by atoms with Crippen LogP contribution >= 0.6 is 11.3 Å². The average Bonchev–Trinajstić information content (AvgIpc) is 3.43. The SMILES string of the molecule is CCOc1ccc(CCNC(=O)c2ccc(N3CCc4ccccc43)s2)cc1OCC. The number of nitrogens with one attached hydrogen (secondary N) is 1. The Morgan fingerprint density at radius 3 is 2.68 bits per heavy atom. The minimum absolute atomic E-state index is 0.0281. The van der Waals surface area contributed by atoms with Gasteiger partial charge in [-0.05, 0) is 68.1 Å². The Morgan fingerprint density at radius 1 is 1.03 bits per heavy atom. The van der Waals surface area contributed by atoms with Crippen molar-refractivity contribution < 1.29 is 14.3 Å². The lowest BCUT2D eigenvalue weighted by Gasteiger charge is -2.16. The van der Waals surface area contributed by atoms with E-state index < -0.39 is 0 Å². The van der Waals surface area contributed by atoms with E-state index in [1.54, 1.807) is 11.3 Å². The van der Waals surface area contributed by atoms with Gasteiger partial charge < -0.3 is 19.7 Å². The van der Waals surface area contributed by atoms with Gasteiger partial charge in [0.2, 0.25) is 0 Å². The summed E-state index contributed by atoms with van der Waals surface area (Å²) >= 11 is 1.54. The molecule has 162 valence electrons. The first-order chi connectivity index (χ1) is 15.2. The van der Waals surface area contributed by atoms with E-state index in [1.807, 2.05) is 44.2 Å². The van der Waals surface area contributed by atoms with Crippen LogP contribution in [0.5, 0.6) is 11.5 Å². The molecule has 1 aromatic heterocycles. The highest BCUT2D eigenvalue weighted by Crippen LogP contribution is 2.38. The molecule has 2 aromatic carbocycles. The summed E-state index contributed by atoms with van der Waals surface area (Å²) in [4.78, 5) is 15.7. The first kappa shape index (κ1) is 21.2. The number of hydrogen-bond acceptors (Lipinski definition) is 5. The molecule has 4 rings (SSSR count). The number of amides is 1. The number of rotatable bonds is 9. The second-order valence-electron chi connectivity index (χ2n) is 7.32. The van der Waals surface area contributed by atoms with Gasteiger partial charge >= 0.3 is 0 Å². The number of carbonyl (C=O) groups excluding carboxylic acids is 1. The first-order valence-corrected chi connectivity index (χ1v) is 11.6. The summed E-state index contributed by atoms with van der Waals surface area (Å²) in [6, 6.07) is 18.4. The van der Waals surface area contributed by atoms with E-state index >= 15 is 0 Å². The third-order valence-electron chi connectivity index (χ3n) is 5.28. The van der Waals surface area contributed by atoms with E-state index in [-0.39, 0.29) is 5.91 Å². The van der Waals surface area contributed by atoms with Gasteiger partial charge in [0.05, 0.1) is 23.1 Å². The molecule has 0 aliphatic carbocycles. The molecule has 0 radical (unpaired) electrons. The lowest BCUT2D eigenvalue weighted by Crippen LogP contribution is -2.24. The Balaban J connectivity index is 1.34. The van der Waals surface area contributed by atoms with E-state index in [9.17, 15) is 4.79 Å². The molecule has 0 fully saturated rings. The second-order valence-corrected chi connectivity index (χ2v) is 8.38. The summed E-state index contributed by atoms with van der Waals surface area (Å²) in [5.74, 6) is 1.48. The molecule has 2 heterocycles. The van der Waals surface area contributed by atoms with Gasteiger partial charge in [-0.3, -0.25) is 4.79 Å². The van der Waals surface area contributed by atoms with Crippen molar-refractivity contribution in [1.29, 1.82) is 0 Å². The molecule has 0 atom stereocenters. The monoisotopic (exact) mass is 436 g/mol. The van der Waals surface area contributed by atoms with Gasteiger partial charge in [-0.15, -0.1) is 11.3 Å². The van der Waals surface area contributed by atoms with Crippen LogP contribution < -0.4 is 19.7 Å². The summed E-state index contributed by atoms with van der Waals surface area (Å²) in [7, 11) is 0. The van der Waals surface area contributed by atoms with Gasteiger partial charge in [-0.2, -0.15) is 0 Å². The molecule has 6 heteroatoms. The molecule has 5 nitrogen and oxygen atoms in total. The summed E-state index contributed by atoms with van der Waals surface area (Å²) in [5, 5.41) is 4.16. The summed E-state index contributed by atoms with van der Waals surface area (Å²) in [6.07, 6.45) is 1.78. The highest BCUT2D eigenvalue weighted by molar-refractivity contribution is 7.18. The van der Waals surface area contributed by atoms with Crippen LogP contribution in [0, 0.1) is 0 Å². The molecule has 3 aromatic rings. The van der Waals surface area contributed by atoms with Crippen molar-refractivity contribution in [1.82, 2.24) is 5.32 Å². The van der Waals surface area contributed by atoms with Gasteiger partial charge in [0.15, 0.2) is 11.5 Å². The molecule has 0 saturated carbocycles. The van der Waals surface area contributed by atoms with Crippen LogP contribution in [0.1, 0.15) is 34.6 Å². The topological polar surface area (TPSA) is 50.8 Å². The lowest BCUT2D eigenvalue weighted by molar-refractivity contribution is 0.0958. The quantitative estimate of drug-likeness (QED) is 0.500. The second kappa shape index (κ2) is 9.88. The van der Waals surface area contributed by atoms with Crippen molar-refractivity contribution in [3.05, 3.63) is 70.6 Å². The number of anilines is 2. The molecule has 0 unspecified atom stereocenters. The number of fused-ring (bicyclic) bond motifs is 1. The van der Waals surface area contributed by atoms with Crippen LogP contribution in [0.3, 0.4) is 0 Å². The summed E-state index contributed by atoms with van der Waals surface area (Å²) < 4.78 is 11.3. The third kappa shape index (κ3) is 4.85. The Bertz CT molecular complexity index is 1050. The van der Waals surface area contributed by atoms with Crippen molar-refractivity contribution in [2.45, 2.75) is 26.7 Å². The van der Waals surface area contributed by atoms with Gasteiger partial charge in [0, 0.05) is 18.8 Å². The maximum Gasteiger partial charge on any atom is 0.261 e. The predicted molar refractivity (Wildman–Crippen MR) is 126 cm³/mol. The van der Waals surface area contributed by atoms with Crippen molar-refractivity contribution in [3.63, 3.8) is 0 Å². The van der Waals surface area contributed by atoms with Crippen molar-refractivity contribution in [3.8, 4) is 11.5 Å². The van der Waals surface area contributed by atoms with Gasteiger partial charge in [0.1, 0.15) is 0 Å². The van der Waals surface area contributed by atoms with E-state index in [2.05, 4.69) is 34.5 Å². The normalized spacial score (nSPS) is 12.5. The maximum absolute atomic E-state index is 12.7. The van der Waals surface area contributed by atoms with Crippen LogP contribution in [0.2, 0.25) is 0 Å². The molecule has 1 N–H and O–H groups in total. The van der Waals surface area contributed by atoms with Gasteiger partial charge in [-0.25, -0.2) is 0 Å². The molecule has 31 heavy (non-hydrogen) atoms. The molecule has 1 aliphatic heterocycles. The Morgan fingerprint density at radius 2 is 1.84 bits per heavy atom. The Hall–Kier alpha value is -2.99. The number of hydrogen-bond donors (Lipinski definition) is 1. The Kier molecular flexibility index (Phi) is 6.77. The lowest BCUT2D eigenvalue weighted by atomic mass is 10.1. The smallest absolute Gasteiger partial charge is 0.261 e. The van der Waals surface area contributed by atoms with Gasteiger partial charge in [0.25, 0.3) is 5.91 Å². The van der Waals surface area contributed by atoms with Crippen molar-refractivity contribution in [2.75, 3.05) is 31.2 Å². The number of carbonyl (C=O) groups is 1. The van der Waals surface area contributed by atoms with Crippen LogP contribution in [-0.4, -0.2) is 32.2 Å². The predicted octanol–water partition coefficient (Wildman–Crippen LogP) is 5.21. The van der Waals surface area contributed by atoms with Gasteiger partial charge in [-0.1, -0.05) is 24.3 Å². The Labute approximate surface area is 187 Å². The van der Waals surface area contributed by atoms with Crippen LogP contribution in [0.25, 0.3) is 0 Å². The minimum Gasteiger partial charge on any atom is -0.490 e. The fourth-order valence-electron chi connectivity index (χ4n) is 3.82. The van der Waals surface area contributed by atoms with E-state index in [0.29, 0.717) is 19.8 Å². The fraction of sp³-hybridized carbons (Fsp3) is 0.320. The largest absolute Gasteiger partial charge is 0.490 e. The van der Waals surface area contributed by atoms with Crippen LogP contribution in [0.4, 0.5) is 10.7 Å². The maximum atomic E-state index is 12.7. The average molecular weight is 437 g/mol. The highest BCUT2D eigenvalue weighted by Gasteiger charge is 2.22. The number of thiophene rings is 1. The number of para-hydroxylation sites is 1.